The highest BCUT2D eigenvalue weighted by Crippen LogP contribution is 2.15. The molecule has 110 valence electrons. The average Bonchev–Trinajstić information content (AvgIpc) is 2.87. The van der Waals surface area contributed by atoms with E-state index in [0.717, 1.165) is 26.1 Å². The standard InChI is InChI=1S/C12H22N2O4S/c1-19-7-4-10(11(15)16)14-12(17)13-5-2-9-3-6-18-8-9/h9-10H,2-8H2,1H3,(H,15,16)(H2,13,14,17)/t9?,10-/m1/s1. The third-order valence-electron chi connectivity index (χ3n) is 3.08. The first kappa shape index (κ1) is 16.1. The van der Waals surface area contributed by atoms with Crippen LogP contribution in [0.1, 0.15) is 19.3 Å². The number of amides is 2. The molecule has 0 aromatic rings. The zero-order valence-corrected chi connectivity index (χ0v) is 12.0. The number of carbonyl (C=O) groups excluding carboxylic acids is 1. The summed E-state index contributed by atoms with van der Waals surface area (Å²) < 4.78 is 5.25. The number of thioether (sulfide) groups is 1. The fourth-order valence-electron chi connectivity index (χ4n) is 1.90. The Morgan fingerprint density at radius 2 is 2.32 bits per heavy atom. The molecule has 0 aromatic heterocycles. The number of nitrogens with one attached hydrogen (secondary N) is 2. The molecule has 1 aliphatic heterocycles. The van der Waals surface area contributed by atoms with Gasteiger partial charge in [0.2, 0.25) is 0 Å². The van der Waals surface area contributed by atoms with Gasteiger partial charge in [-0.3, -0.25) is 0 Å². The topological polar surface area (TPSA) is 87.7 Å². The van der Waals surface area contributed by atoms with Crippen LogP contribution < -0.4 is 10.6 Å². The molecule has 0 spiro atoms. The third kappa shape index (κ3) is 6.68. The predicted molar refractivity (Wildman–Crippen MR) is 74.5 cm³/mol. The van der Waals surface area contributed by atoms with Gasteiger partial charge in [-0.25, -0.2) is 9.59 Å². The Kier molecular flexibility index (Phi) is 7.66. The first-order valence-electron chi connectivity index (χ1n) is 6.47. The van der Waals surface area contributed by atoms with E-state index in [0.29, 0.717) is 24.6 Å². The zero-order valence-electron chi connectivity index (χ0n) is 11.2. The zero-order chi connectivity index (χ0) is 14.1. The van der Waals surface area contributed by atoms with E-state index in [1.165, 1.54) is 0 Å². The molecular formula is C12H22N2O4S. The number of ether oxygens (including phenoxy) is 1. The number of carboxylic acid groups (broad SMARTS) is 1. The van der Waals surface area contributed by atoms with Crippen molar-refractivity contribution >= 4 is 23.8 Å². The van der Waals surface area contributed by atoms with Gasteiger partial charge >= 0.3 is 12.0 Å². The molecular weight excluding hydrogens is 268 g/mol. The van der Waals surface area contributed by atoms with Crippen LogP contribution in [-0.4, -0.2) is 54.9 Å². The summed E-state index contributed by atoms with van der Waals surface area (Å²) >= 11 is 1.56. The lowest BCUT2D eigenvalue weighted by Crippen LogP contribution is -2.46. The van der Waals surface area contributed by atoms with Crippen molar-refractivity contribution < 1.29 is 19.4 Å². The minimum atomic E-state index is -0.992. The molecule has 7 heteroatoms. The van der Waals surface area contributed by atoms with Gasteiger partial charge < -0.3 is 20.5 Å². The summed E-state index contributed by atoms with van der Waals surface area (Å²) in [6.07, 6.45) is 4.24. The number of carbonyl (C=O) groups is 2. The first-order chi connectivity index (χ1) is 9.13. The molecule has 6 nitrogen and oxygen atoms in total. The van der Waals surface area contributed by atoms with Crippen molar-refractivity contribution in [3.63, 3.8) is 0 Å². The summed E-state index contributed by atoms with van der Waals surface area (Å²) in [6.45, 7) is 2.11. The van der Waals surface area contributed by atoms with E-state index in [-0.39, 0.29) is 0 Å². The monoisotopic (exact) mass is 290 g/mol. The maximum absolute atomic E-state index is 11.6. The van der Waals surface area contributed by atoms with Gasteiger partial charge in [-0.2, -0.15) is 11.8 Å². The minimum absolute atomic E-state index is 0.410. The van der Waals surface area contributed by atoms with E-state index in [1.54, 1.807) is 11.8 Å². The fourth-order valence-corrected chi connectivity index (χ4v) is 2.37. The van der Waals surface area contributed by atoms with Crippen molar-refractivity contribution in [2.45, 2.75) is 25.3 Å². The summed E-state index contributed by atoms with van der Waals surface area (Å²) in [5.41, 5.74) is 0. The summed E-state index contributed by atoms with van der Waals surface area (Å²) in [5.74, 6) is 0.219. The molecule has 2 amide bonds. The van der Waals surface area contributed by atoms with Gasteiger partial charge in [0.25, 0.3) is 0 Å². The SMILES string of the molecule is CSCC[C@@H](NC(=O)NCCC1CCOC1)C(=O)O. The number of aliphatic carboxylic acids is 1. The molecule has 1 rings (SSSR count). The Labute approximate surface area is 117 Å². The van der Waals surface area contributed by atoms with E-state index in [2.05, 4.69) is 10.6 Å². The molecule has 1 saturated heterocycles. The Balaban J connectivity index is 2.17. The van der Waals surface area contributed by atoms with Gasteiger partial charge in [0.05, 0.1) is 0 Å². The summed E-state index contributed by atoms with van der Waals surface area (Å²) in [4.78, 5) is 22.5. The number of hydrogen-bond donors (Lipinski definition) is 3. The molecule has 0 radical (unpaired) electrons. The van der Waals surface area contributed by atoms with Crippen LogP contribution in [0, 0.1) is 5.92 Å². The molecule has 0 bridgehead atoms. The van der Waals surface area contributed by atoms with Gasteiger partial charge in [-0.15, -0.1) is 0 Å². The van der Waals surface area contributed by atoms with Crippen molar-refractivity contribution in [2.24, 2.45) is 5.92 Å². The largest absolute Gasteiger partial charge is 0.480 e. The van der Waals surface area contributed by atoms with Crippen molar-refractivity contribution in [3.8, 4) is 0 Å². The average molecular weight is 290 g/mol. The van der Waals surface area contributed by atoms with E-state index in [1.807, 2.05) is 6.26 Å². The highest BCUT2D eigenvalue weighted by atomic mass is 32.2. The molecule has 1 heterocycles. The lowest BCUT2D eigenvalue weighted by molar-refractivity contribution is -0.139. The second kappa shape index (κ2) is 9.03. The molecule has 19 heavy (non-hydrogen) atoms. The van der Waals surface area contributed by atoms with E-state index < -0.39 is 18.0 Å². The molecule has 0 aliphatic carbocycles. The maximum atomic E-state index is 11.6. The van der Waals surface area contributed by atoms with Crippen molar-refractivity contribution in [3.05, 3.63) is 0 Å². The number of hydrogen-bond acceptors (Lipinski definition) is 4. The van der Waals surface area contributed by atoms with Crippen LogP contribution in [0.5, 0.6) is 0 Å². The fraction of sp³-hybridized carbons (Fsp3) is 0.833. The second-order valence-corrected chi connectivity index (χ2v) is 5.58. The Morgan fingerprint density at radius 1 is 1.53 bits per heavy atom. The Morgan fingerprint density at radius 3 is 2.89 bits per heavy atom. The van der Waals surface area contributed by atoms with Crippen LogP contribution in [0.3, 0.4) is 0 Å². The number of rotatable bonds is 8. The molecule has 3 N–H and O–H groups in total. The van der Waals surface area contributed by atoms with Gasteiger partial charge in [0, 0.05) is 19.8 Å². The van der Waals surface area contributed by atoms with Crippen LogP contribution in [0.15, 0.2) is 0 Å². The van der Waals surface area contributed by atoms with E-state index >= 15 is 0 Å². The Hall–Kier alpha value is -0.950. The quantitative estimate of drug-likeness (QED) is 0.618. The smallest absolute Gasteiger partial charge is 0.326 e. The van der Waals surface area contributed by atoms with Gasteiger partial charge in [0.15, 0.2) is 0 Å². The normalized spacial score (nSPS) is 19.9. The highest BCUT2D eigenvalue weighted by Gasteiger charge is 2.20. The molecule has 0 aromatic carbocycles. The number of urea groups is 1. The molecule has 0 saturated carbocycles. The van der Waals surface area contributed by atoms with Gasteiger partial charge in [0.1, 0.15) is 6.04 Å². The van der Waals surface area contributed by atoms with Crippen LogP contribution in [0.4, 0.5) is 4.79 Å². The van der Waals surface area contributed by atoms with Crippen LogP contribution in [-0.2, 0) is 9.53 Å². The van der Waals surface area contributed by atoms with Crippen LogP contribution >= 0.6 is 11.8 Å². The van der Waals surface area contributed by atoms with Gasteiger partial charge in [-0.1, -0.05) is 0 Å². The molecule has 2 atom stereocenters. The minimum Gasteiger partial charge on any atom is -0.480 e. The van der Waals surface area contributed by atoms with E-state index in [4.69, 9.17) is 9.84 Å². The third-order valence-corrected chi connectivity index (χ3v) is 3.72. The first-order valence-corrected chi connectivity index (χ1v) is 7.86. The summed E-state index contributed by atoms with van der Waals surface area (Å²) in [5, 5.41) is 14.2. The van der Waals surface area contributed by atoms with Crippen molar-refractivity contribution in [1.29, 1.82) is 0 Å². The molecule has 1 unspecified atom stereocenters. The van der Waals surface area contributed by atoms with Crippen LogP contribution in [0.25, 0.3) is 0 Å². The van der Waals surface area contributed by atoms with Crippen molar-refractivity contribution in [2.75, 3.05) is 31.8 Å². The van der Waals surface area contributed by atoms with Crippen molar-refractivity contribution in [1.82, 2.24) is 10.6 Å². The molecule has 1 fully saturated rings. The van der Waals surface area contributed by atoms with Gasteiger partial charge in [-0.05, 0) is 37.2 Å². The Bertz CT molecular complexity index is 295. The summed E-state index contributed by atoms with van der Waals surface area (Å²) in [6, 6.07) is -1.23. The predicted octanol–water partition coefficient (Wildman–Crippen LogP) is 0.919. The molecule has 1 aliphatic rings. The lowest BCUT2D eigenvalue weighted by atomic mass is 10.1. The number of carboxylic acids is 1. The summed E-state index contributed by atoms with van der Waals surface area (Å²) in [7, 11) is 0. The van der Waals surface area contributed by atoms with Crippen LogP contribution in [0.2, 0.25) is 0 Å². The highest BCUT2D eigenvalue weighted by molar-refractivity contribution is 7.98. The second-order valence-electron chi connectivity index (χ2n) is 4.59. The lowest BCUT2D eigenvalue weighted by Gasteiger charge is -2.15. The maximum Gasteiger partial charge on any atom is 0.326 e. The van der Waals surface area contributed by atoms with E-state index in [9.17, 15) is 9.59 Å².